The molecule has 0 radical (unpaired) electrons. The Kier molecular flexibility index (Phi) is 6.05. The van der Waals surface area contributed by atoms with Crippen molar-refractivity contribution in [3.05, 3.63) is 70.7 Å². The summed E-state index contributed by atoms with van der Waals surface area (Å²) in [7, 11) is 0. The number of alkyl halides is 3. The van der Waals surface area contributed by atoms with E-state index in [1.807, 2.05) is 13.8 Å². The van der Waals surface area contributed by atoms with E-state index in [2.05, 4.69) is 9.83 Å². The Bertz CT molecular complexity index is 1170. The molecule has 1 heterocycles. The number of nitrogens with one attached hydrogen (secondary N) is 1. The molecule has 0 saturated carbocycles. The molecule has 32 heavy (non-hydrogen) atoms. The molecule has 2 aromatic carbocycles. The summed E-state index contributed by atoms with van der Waals surface area (Å²) >= 11 is 0. The van der Waals surface area contributed by atoms with Crippen molar-refractivity contribution >= 4 is 16.6 Å². The van der Waals surface area contributed by atoms with Gasteiger partial charge in [-0.3, -0.25) is 0 Å². The van der Waals surface area contributed by atoms with E-state index in [9.17, 15) is 23.4 Å². The van der Waals surface area contributed by atoms with E-state index in [-0.39, 0.29) is 23.0 Å². The van der Waals surface area contributed by atoms with Crippen LogP contribution in [-0.2, 0) is 11.8 Å². The first-order valence-corrected chi connectivity index (χ1v) is 10.4. The minimum atomic E-state index is -4.95. The Morgan fingerprint density at radius 3 is 2.34 bits per heavy atom. The van der Waals surface area contributed by atoms with Gasteiger partial charge in [0.05, 0.1) is 6.57 Å². The van der Waals surface area contributed by atoms with E-state index in [1.54, 1.807) is 50.2 Å². The predicted octanol–water partition coefficient (Wildman–Crippen LogP) is 6.75. The quantitative estimate of drug-likeness (QED) is 0.368. The molecule has 0 saturated heterocycles. The Hall–Kier alpha value is -2.98. The first-order valence-electron chi connectivity index (χ1n) is 10.4. The molecule has 1 aromatic heterocycles. The molecule has 0 aliphatic carbocycles. The number of aromatic nitrogens is 1. The number of fused-ring (bicyclic) bond motifs is 1. The lowest BCUT2D eigenvalue weighted by molar-refractivity contribution is -0.266. The Balaban J connectivity index is 2.06. The van der Waals surface area contributed by atoms with E-state index in [1.165, 1.54) is 6.07 Å². The number of hydrogen-bond donors (Lipinski definition) is 3. The molecule has 1 unspecified atom stereocenters. The van der Waals surface area contributed by atoms with Gasteiger partial charge in [-0.1, -0.05) is 58.0 Å². The largest absolute Gasteiger partial charge is 0.508 e. The van der Waals surface area contributed by atoms with Crippen LogP contribution in [0.3, 0.4) is 0 Å². The second-order valence-corrected chi connectivity index (χ2v) is 9.31. The average Bonchev–Trinajstić information content (AvgIpc) is 3.03. The van der Waals surface area contributed by atoms with Crippen LogP contribution in [0.2, 0.25) is 0 Å². The highest BCUT2D eigenvalue weighted by Gasteiger charge is 2.56. The number of hydrogen-bond acceptors (Lipinski definition) is 2. The van der Waals surface area contributed by atoms with Gasteiger partial charge < -0.3 is 15.2 Å². The Morgan fingerprint density at radius 2 is 1.75 bits per heavy atom. The zero-order chi connectivity index (χ0) is 23.9. The maximum absolute atomic E-state index is 14.2. The van der Waals surface area contributed by atoms with Crippen molar-refractivity contribution in [3.8, 4) is 5.75 Å². The van der Waals surface area contributed by atoms with Gasteiger partial charge in [0.25, 0.3) is 0 Å². The second kappa shape index (κ2) is 8.18. The number of rotatable bonds is 6. The molecule has 0 aliphatic rings. The van der Waals surface area contributed by atoms with E-state index in [0.29, 0.717) is 16.5 Å². The number of phenolic OH excluding ortho intramolecular Hbond substituents is 1. The number of aliphatic hydroxyl groups is 1. The molecule has 0 bridgehead atoms. The van der Waals surface area contributed by atoms with Crippen LogP contribution in [-0.4, -0.2) is 27.0 Å². The third-order valence-corrected chi connectivity index (χ3v) is 6.01. The van der Waals surface area contributed by atoms with Crippen molar-refractivity contribution in [1.82, 2.24) is 4.98 Å². The van der Waals surface area contributed by atoms with Crippen LogP contribution in [0.1, 0.15) is 56.9 Å². The third-order valence-electron chi connectivity index (χ3n) is 6.01. The minimum Gasteiger partial charge on any atom is -0.508 e. The van der Waals surface area contributed by atoms with E-state index in [0.717, 1.165) is 5.56 Å². The number of H-pyrrole nitrogens is 1. The summed E-state index contributed by atoms with van der Waals surface area (Å²) < 4.78 is 42.7. The van der Waals surface area contributed by atoms with Crippen LogP contribution in [0.5, 0.6) is 5.75 Å². The van der Waals surface area contributed by atoms with Crippen LogP contribution in [0, 0.1) is 6.57 Å². The molecular weight excluding hydrogens is 417 g/mol. The van der Waals surface area contributed by atoms with Crippen molar-refractivity contribution in [2.45, 2.75) is 63.6 Å². The predicted molar refractivity (Wildman–Crippen MR) is 119 cm³/mol. The maximum Gasteiger partial charge on any atom is 0.417 e. The maximum atomic E-state index is 14.2. The number of phenols is 1. The van der Waals surface area contributed by atoms with Gasteiger partial charge in [0.1, 0.15) is 5.75 Å². The molecule has 7 heteroatoms. The highest BCUT2D eigenvalue weighted by Crippen LogP contribution is 2.46. The first kappa shape index (κ1) is 23.7. The van der Waals surface area contributed by atoms with Crippen molar-refractivity contribution in [2.75, 3.05) is 0 Å². The summed E-state index contributed by atoms with van der Waals surface area (Å²) in [4.78, 5) is 6.31. The van der Waals surface area contributed by atoms with Crippen molar-refractivity contribution in [3.63, 3.8) is 0 Å². The molecule has 3 rings (SSSR count). The molecule has 0 fully saturated rings. The fourth-order valence-electron chi connectivity index (χ4n) is 4.28. The molecule has 0 aliphatic heterocycles. The highest BCUT2D eigenvalue weighted by atomic mass is 19.4. The number of nitrogens with zero attached hydrogens (tertiary/aromatic N) is 1. The lowest BCUT2D eigenvalue weighted by Crippen LogP contribution is -2.51. The van der Waals surface area contributed by atoms with Crippen molar-refractivity contribution < 1.29 is 23.4 Å². The Labute approximate surface area is 185 Å². The SMILES string of the molecule is [C-]#[N+]c1c(CC(O)(CC(C)(C)c2cc(C(C)C)ccc2O)C(F)(F)F)[nH]c2ccccc12. The van der Waals surface area contributed by atoms with Gasteiger partial charge in [0, 0.05) is 23.0 Å². The normalized spacial score (nSPS) is 14.5. The molecule has 0 spiro atoms. The summed E-state index contributed by atoms with van der Waals surface area (Å²) in [5, 5.41) is 21.9. The number of benzene rings is 2. The van der Waals surface area contributed by atoms with Crippen LogP contribution in [0.15, 0.2) is 42.5 Å². The smallest absolute Gasteiger partial charge is 0.417 e. The van der Waals surface area contributed by atoms with E-state index in [4.69, 9.17) is 6.57 Å². The lowest BCUT2D eigenvalue weighted by atomic mass is 9.72. The average molecular weight is 444 g/mol. The second-order valence-electron chi connectivity index (χ2n) is 9.31. The van der Waals surface area contributed by atoms with Crippen LogP contribution >= 0.6 is 0 Å². The third kappa shape index (κ3) is 4.33. The topological polar surface area (TPSA) is 60.6 Å². The van der Waals surface area contributed by atoms with Crippen LogP contribution < -0.4 is 0 Å². The van der Waals surface area contributed by atoms with Crippen molar-refractivity contribution in [2.24, 2.45) is 0 Å². The number of halogens is 3. The van der Waals surface area contributed by atoms with Gasteiger partial charge in [-0.2, -0.15) is 13.2 Å². The number of aromatic hydroxyl groups is 1. The summed E-state index contributed by atoms with van der Waals surface area (Å²) in [6, 6.07) is 11.7. The van der Waals surface area contributed by atoms with Gasteiger partial charge in [-0.05, 0) is 41.0 Å². The summed E-state index contributed by atoms with van der Waals surface area (Å²) in [6.07, 6.45) is -6.44. The fourth-order valence-corrected chi connectivity index (χ4v) is 4.28. The van der Waals surface area contributed by atoms with Gasteiger partial charge >= 0.3 is 6.18 Å². The molecule has 3 N–H and O–H groups in total. The molecule has 170 valence electrons. The highest BCUT2D eigenvalue weighted by molar-refractivity contribution is 5.94. The van der Waals surface area contributed by atoms with Crippen LogP contribution in [0.4, 0.5) is 18.9 Å². The van der Waals surface area contributed by atoms with Gasteiger partial charge in [0.15, 0.2) is 5.60 Å². The van der Waals surface area contributed by atoms with Gasteiger partial charge in [0.2, 0.25) is 5.69 Å². The van der Waals surface area contributed by atoms with Gasteiger partial charge in [-0.15, -0.1) is 0 Å². The molecule has 0 amide bonds. The summed E-state index contributed by atoms with van der Waals surface area (Å²) in [5.74, 6) is 0.00982. The van der Waals surface area contributed by atoms with Crippen molar-refractivity contribution in [1.29, 1.82) is 0 Å². The zero-order valence-corrected chi connectivity index (χ0v) is 18.5. The molecule has 4 nitrogen and oxygen atoms in total. The standard InChI is InChI=1S/C25H27F3N2O2/c1-15(2)16-10-11-21(31)18(12-16)23(3,4)14-24(32,25(26,27)28)13-20-22(29-5)17-8-6-7-9-19(17)30-20/h6-12,15,30-32H,13-14H2,1-4H3. The monoisotopic (exact) mass is 444 g/mol. The lowest BCUT2D eigenvalue weighted by Gasteiger charge is -2.38. The summed E-state index contributed by atoms with van der Waals surface area (Å²) in [5.41, 5.74) is -2.44. The fraction of sp³-hybridized carbons (Fsp3) is 0.400. The zero-order valence-electron chi connectivity index (χ0n) is 18.5. The number of aromatic amines is 1. The van der Waals surface area contributed by atoms with Gasteiger partial charge in [-0.25, -0.2) is 4.85 Å². The molecule has 3 aromatic rings. The van der Waals surface area contributed by atoms with E-state index < -0.39 is 30.0 Å². The number of para-hydroxylation sites is 1. The summed E-state index contributed by atoms with van der Waals surface area (Å²) in [6.45, 7) is 14.5. The molecule has 1 atom stereocenters. The first-order chi connectivity index (χ1) is 14.8. The Morgan fingerprint density at radius 1 is 1.09 bits per heavy atom. The van der Waals surface area contributed by atoms with Crippen LogP contribution in [0.25, 0.3) is 15.7 Å². The minimum absolute atomic E-state index is 0.0389. The molecular formula is C25H27F3N2O2. The van der Waals surface area contributed by atoms with E-state index >= 15 is 0 Å².